The van der Waals surface area contributed by atoms with Gasteiger partial charge in [-0.15, -0.1) is 0 Å². The van der Waals surface area contributed by atoms with Crippen LogP contribution in [0.4, 0.5) is 8.78 Å². The van der Waals surface area contributed by atoms with E-state index in [0.717, 1.165) is 10.5 Å². The highest BCUT2D eigenvalue weighted by atomic mass is 79.9. The smallest absolute Gasteiger partial charge is 0.126 e. The molecular weight excluding hydrogens is 378 g/mol. The van der Waals surface area contributed by atoms with E-state index in [1.54, 1.807) is 26.0 Å². The summed E-state index contributed by atoms with van der Waals surface area (Å²) in [5.41, 5.74) is 6.39. The second kappa shape index (κ2) is 7.39. The molecular formula is C18H17BrF2N2O. The maximum Gasteiger partial charge on any atom is 0.126 e. The number of benzene rings is 1. The van der Waals surface area contributed by atoms with Gasteiger partial charge in [-0.2, -0.15) is 0 Å². The van der Waals surface area contributed by atoms with Gasteiger partial charge in [0.2, 0.25) is 0 Å². The van der Waals surface area contributed by atoms with Gasteiger partial charge in [0, 0.05) is 23.0 Å². The standard InChI is InChI=1S/C18H17BrF2N2O/c1-18(2,24)6-5-14-3-4-15(19)17(23-14)10-16(22)11-7-12(20)9-13(21)8-11/h3-4,7-9,16,24H,10,22H2,1-2H3. The molecule has 1 atom stereocenters. The van der Waals surface area contributed by atoms with Gasteiger partial charge >= 0.3 is 0 Å². The van der Waals surface area contributed by atoms with E-state index < -0.39 is 23.3 Å². The fourth-order valence-electron chi connectivity index (χ4n) is 2.03. The summed E-state index contributed by atoms with van der Waals surface area (Å²) in [6.07, 6.45) is 0.279. The van der Waals surface area contributed by atoms with Crippen LogP contribution in [0.5, 0.6) is 0 Å². The zero-order chi connectivity index (χ0) is 17.9. The highest BCUT2D eigenvalue weighted by molar-refractivity contribution is 9.10. The van der Waals surface area contributed by atoms with Crippen molar-refractivity contribution >= 4 is 15.9 Å². The van der Waals surface area contributed by atoms with Crippen LogP contribution in [0, 0.1) is 23.5 Å². The second-order valence-corrected chi connectivity index (χ2v) is 6.80. The third-order valence-electron chi connectivity index (χ3n) is 3.14. The number of nitrogens with zero attached hydrogens (tertiary/aromatic N) is 1. The average molecular weight is 395 g/mol. The molecule has 0 aliphatic carbocycles. The molecule has 0 saturated heterocycles. The summed E-state index contributed by atoms with van der Waals surface area (Å²) in [7, 11) is 0. The lowest BCUT2D eigenvalue weighted by molar-refractivity contribution is 0.143. The number of aromatic nitrogens is 1. The van der Waals surface area contributed by atoms with Crippen LogP contribution < -0.4 is 5.73 Å². The minimum atomic E-state index is -1.12. The fourth-order valence-corrected chi connectivity index (χ4v) is 2.41. The van der Waals surface area contributed by atoms with Gasteiger partial charge in [0.1, 0.15) is 22.9 Å². The molecule has 2 aromatic rings. The topological polar surface area (TPSA) is 59.1 Å². The zero-order valence-corrected chi connectivity index (χ0v) is 14.9. The van der Waals surface area contributed by atoms with Gasteiger partial charge in [-0.1, -0.05) is 5.92 Å². The second-order valence-electron chi connectivity index (χ2n) is 5.95. The predicted molar refractivity (Wildman–Crippen MR) is 92.1 cm³/mol. The summed E-state index contributed by atoms with van der Waals surface area (Å²) in [5.74, 6) is 4.13. The third kappa shape index (κ3) is 5.38. The summed E-state index contributed by atoms with van der Waals surface area (Å²) >= 11 is 3.39. The van der Waals surface area contributed by atoms with Gasteiger partial charge in [-0.25, -0.2) is 13.8 Å². The Morgan fingerprint density at radius 2 is 1.88 bits per heavy atom. The number of nitrogens with two attached hydrogens (primary N) is 1. The van der Waals surface area contributed by atoms with Crippen molar-refractivity contribution in [1.82, 2.24) is 4.98 Å². The van der Waals surface area contributed by atoms with Gasteiger partial charge in [-0.05, 0) is 65.5 Å². The van der Waals surface area contributed by atoms with Crippen LogP contribution in [-0.4, -0.2) is 15.7 Å². The third-order valence-corrected chi connectivity index (χ3v) is 3.86. The summed E-state index contributed by atoms with van der Waals surface area (Å²) in [4.78, 5) is 4.39. The normalized spacial score (nSPS) is 12.5. The summed E-state index contributed by atoms with van der Waals surface area (Å²) in [6, 6.07) is 6.09. The molecule has 6 heteroatoms. The molecule has 0 saturated carbocycles. The molecule has 0 radical (unpaired) electrons. The Balaban J connectivity index is 2.26. The number of pyridine rings is 1. The molecule has 24 heavy (non-hydrogen) atoms. The van der Waals surface area contributed by atoms with E-state index >= 15 is 0 Å². The van der Waals surface area contributed by atoms with Crippen molar-refractivity contribution in [1.29, 1.82) is 0 Å². The van der Waals surface area contributed by atoms with E-state index in [-0.39, 0.29) is 6.42 Å². The van der Waals surface area contributed by atoms with Gasteiger partial charge in [-0.3, -0.25) is 0 Å². The van der Waals surface area contributed by atoms with Gasteiger partial charge in [0.25, 0.3) is 0 Å². The SMILES string of the molecule is CC(C)(O)C#Cc1ccc(Br)c(CC(N)c2cc(F)cc(F)c2)n1. The monoisotopic (exact) mass is 394 g/mol. The molecule has 3 N–H and O–H groups in total. The number of hydrogen-bond acceptors (Lipinski definition) is 3. The molecule has 0 bridgehead atoms. The molecule has 1 heterocycles. The highest BCUT2D eigenvalue weighted by Gasteiger charge is 2.14. The average Bonchev–Trinajstić information content (AvgIpc) is 2.46. The predicted octanol–water partition coefficient (Wildman–Crippen LogP) is 3.49. The Hall–Kier alpha value is -1.81. The number of halogens is 3. The number of rotatable bonds is 3. The molecule has 2 rings (SSSR count). The maximum atomic E-state index is 13.3. The van der Waals surface area contributed by atoms with Crippen LogP contribution in [0.25, 0.3) is 0 Å². The van der Waals surface area contributed by atoms with Crippen molar-refractivity contribution < 1.29 is 13.9 Å². The first-order chi connectivity index (χ1) is 11.1. The molecule has 0 fully saturated rings. The molecule has 0 aliphatic heterocycles. The van der Waals surface area contributed by atoms with Gasteiger partial charge in [0.15, 0.2) is 0 Å². The first-order valence-electron chi connectivity index (χ1n) is 7.26. The van der Waals surface area contributed by atoms with Crippen molar-refractivity contribution in [3.63, 3.8) is 0 Å². The maximum absolute atomic E-state index is 13.3. The Morgan fingerprint density at radius 1 is 1.25 bits per heavy atom. The lowest BCUT2D eigenvalue weighted by Gasteiger charge is -2.13. The van der Waals surface area contributed by atoms with Crippen molar-refractivity contribution in [2.24, 2.45) is 5.73 Å². The molecule has 0 spiro atoms. The van der Waals surface area contributed by atoms with Crippen LogP contribution in [-0.2, 0) is 6.42 Å². The molecule has 0 amide bonds. The van der Waals surface area contributed by atoms with E-state index in [2.05, 4.69) is 32.8 Å². The summed E-state index contributed by atoms with van der Waals surface area (Å²) in [5, 5.41) is 9.65. The van der Waals surface area contributed by atoms with E-state index in [9.17, 15) is 13.9 Å². The summed E-state index contributed by atoms with van der Waals surface area (Å²) < 4.78 is 27.4. The van der Waals surface area contributed by atoms with Crippen LogP contribution in [0.2, 0.25) is 0 Å². The molecule has 1 unspecified atom stereocenters. The van der Waals surface area contributed by atoms with Gasteiger partial charge in [0.05, 0.1) is 5.69 Å². The van der Waals surface area contributed by atoms with E-state index in [1.165, 1.54) is 12.1 Å². The molecule has 1 aromatic heterocycles. The van der Waals surface area contributed by atoms with E-state index in [0.29, 0.717) is 17.0 Å². The number of hydrogen-bond donors (Lipinski definition) is 2. The van der Waals surface area contributed by atoms with E-state index in [4.69, 9.17) is 5.73 Å². The van der Waals surface area contributed by atoms with Crippen LogP contribution in [0.15, 0.2) is 34.8 Å². The van der Waals surface area contributed by atoms with Gasteiger partial charge < -0.3 is 10.8 Å². The minimum absolute atomic E-state index is 0.279. The molecule has 3 nitrogen and oxygen atoms in total. The highest BCUT2D eigenvalue weighted by Crippen LogP contribution is 2.22. The number of aliphatic hydroxyl groups is 1. The van der Waals surface area contributed by atoms with Crippen molar-refractivity contribution in [3.05, 3.63) is 63.4 Å². The van der Waals surface area contributed by atoms with Crippen molar-refractivity contribution in [2.75, 3.05) is 0 Å². The van der Waals surface area contributed by atoms with Crippen molar-refractivity contribution in [2.45, 2.75) is 31.9 Å². The van der Waals surface area contributed by atoms with Crippen LogP contribution in [0.3, 0.4) is 0 Å². The van der Waals surface area contributed by atoms with Crippen LogP contribution in [0.1, 0.15) is 36.8 Å². The summed E-state index contributed by atoms with van der Waals surface area (Å²) in [6.45, 7) is 3.16. The minimum Gasteiger partial charge on any atom is -0.378 e. The Bertz CT molecular complexity index is 787. The Morgan fingerprint density at radius 3 is 2.46 bits per heavy atom. The Labute approximate surface area is 148 Å². The van der Waals surface area contributed by atoms with Crippen LogP contribution >= 0.6 is 15.9 Å². The van der Waals surface area contributed by atoms with Crippen molar-refractivity contribution in [3.8, 4) is 11.8 Å². The first kappa shape index (κ1) is 18.5. The molecule has 0 aliphatic rings. The largest absolute Gasteiger partial charge is 0.378 e. The lowest BCUT2D eigenvalue weighted by atomic mass is 10.0. The first-order valence-corrected chi connectivity index (χ1v) is 8.06. The Kier molecular flexibility index (Phi) is 5.70. The molecule has 126 valence electrons. The fraction of sp³-hybridized carbons (Fsp3) is 0.278. The zero-order valence-electron chi connectivity index (χ0n) is 13.3. The quantitative estimate of drug-likeness (QED) is 0.783. The molecule has 1 aromatic carbocycles. The van der Waals surface area contributed by atoms with E-state index in [1.807, 2.05) is 0 Å². The lowest BCUT2D eigenvalue weighted by Crippen LogP contribution is -2.16.